The maximum absolute atomic E-state index is 4.30. The number of hydrogen-bond acceptors (Lipinski definition) is 3. The Hall–Kier alpha value is -0.410. The molecule has 1 aromatic rings. The van der Waals surface area contributed by atoms with E-state index in [1.807, 2.05) is 11.6 Å². The molecule has 0 radical (unpaired) electrons. The van der Waals surface area contributed by atoms with Crippen LogP contribution in [0.25, 0.3) is 0 Å². The van der Waals surface area contributed by atoms with E-state index in [-0.39, 0.29) is 0 Å². The molecular weight excluding hydrogens is 168 g/mol. The number of hydrogen-bond donors (Lipinski definition) is 1. The van der Waals surface area contributed by atoms with Gasteiger partial charge in [0.25, 0.3) is 0 Å². The van der Waals surface area contributed by atoms with Crippen molar-refractivity contribution in [3.05, 3.63) is 16.6 Å². The first-order valence-electron chi connectivity index (χ1n) is 4.51. The molecule has 0 aliphatic carbocycles. The van der Waals surface area contributed by atoms with Crippen LogP contribution in [-0.4, -0.2) is 11.5 Å². The molecule has 1 heterocycles. The number of thiazole rings is 1. The Balaban J connectivity index is 2.45. The van der Waals surface area contributed by atoms with Crippen LogP contribution < -0.4 is 5.32 Å². The lowest BCUT2D eigenvalue weighted by atomic mass is 10.2. The van der Waals surface area contributed by atoms with E-state index in [9.17, 15) is 0 Å². The molecule has 68 valence electrons. The van der Waals surface area contributed by atoms with Gasteiger partial charge in [-0.05, 0) is 19.4 Å². The molecule has 0 spiro atoms. The quantitative estimate of drug-likeness (QED) is 0.761. The second-order valence-corrected chi connectivity index (χ2v) is 3.71. The van der Waals surface area contributed by atoms with Gasteiger partial charge in [-0.25, -0.2) is 4.98 Å². The summed E-state index contributed by atoms with van der Waals surface area (Å²) in [5.74, 6) is 0. The van der Waals surface area contributed by atoms with Gasteiger partial charge in [-0.3, -0.25) is 0 Å². The monoisotopic (exact) mass is 184 g/mol. The van der Waals surface area contributed by atoms with Crippen LogP contribution in [0.3, 0.4) is 0 Å². The number of rotatable bonds is 5. The standard InChI is InChI=1S/C9H16N2S/c1-3-5-10-8(4-2)9-11-6-7-12-9/h6-8,10H,3-5H2,1-2H3. The van der Waals surface area contributed by atoms with E-state index in [0.717, 1.165) is 13.0 Å². The lowest BCUT2D eigenvalue weighted by Crippen LogP contribution is -2.21. The van der Waals surface area contributed by atoms with Crippen molar-refractivity contribution in [1.29, 1.82) is 0 Å². The number of aromatic nitrogens is 1. The van der Waals surface area contributed by atoms with Gasteiger partial charge in [0, 0.05) is 11.6 Å². The molecule has 0 saturated heterocycles. The van der Waals surface area contributed by atoms with Crippen molar-refractivity contribution in [3.8, 4) is 0 Å². The summed E-state index contributed by atoms with van der Waals surface area (Å²) in [5.41, 5.74) is 0. The van der Waals surface area contributed by atoms with Crippen LogP contribution in [0.15, 0.2) is 11.6 Å². The Kier molecular flexibility index (Phi) is 4.25. The van der Waals surface area contributed by atoms with Gasteiger partial charge in [-0.1, -0.05) is 13.8 Å². The largest absolute Gasteiger partial charge is 0.308 e. The molecule has 0 aliphatic rings. The summed E-state index contributed by atoms with van der Waals surface area (Å²) in [4.78, 5) is 4.30. The fourth-order valence-corrected chi connectivity index (χ4v) is 1.93. The highest BCUT2D eigenvalue weighted by atomic mass is 32.1. The van der Waals surface area contributed by atoms with Gasteiger partial charge in [-0.2, -0.15) is 0 Å². The second-order valence-electron chi connectivity index (χ2n) is 2.79. The SMILES string of the molecule is CCCNC(CC)c1nccs1. The zero-order chi connectivity index (χ0) is 8.81. The van der Waals surface area contributed by atoms with Gasteiger partial charge in [0.2, 0.25) is 0 Å². The summed E-state index contributed by atoms with van der Waals surface area (Å²) in [7, 11) is 0. The third-order valence-electron chi connectivity index (χ3n) is 1.80. The highest BCUT2D eigenvalue weighted by molar-refractivity contribution is 7.09. The first-order valence-corrected chi connectivity index (χ1v) is 5.39. The molecule has 0 amide bonds. The maximum atomic E-state index is 4.30. The minimum absolute atomic E-state index is 0.463. The molecule has 2 nitrogen and oxygen atoms in total. The van der Waals surface area contributed by atoms with Crippen molar-refractivity contribution < 1.29 is 0 Å². The molecule has 1 N–H and O–H groups in total. The highest BCUT2D eigenvalue weighted by Crippen LogP contribution is 2.18. The minimum atomic E-state index is 0.463. The van der Waals surface area contributed by atoms with Crippen molar-refractivity contribution in [2.75, 3.05) is 6.54 Å². The third kappa shape index (κ3) is 2.57. The van der Waals surface area contributed by atoms with E-state index in [2.05, 4.69) is 24.1 Å². The van der Waals surface area contributed by atoms with Crippen molar-refractivity contribution in [2.45, 2.75) is 32.7 Å². The molecule has 1 rings (SSSR count). The fourth-order valence-electron chi connectivity index (χ4n) is 1.13. The van der Waals surface area contributed by atoms with Crippen molar-refractivity contribution in [2.24, 2.45) is 0 Å². The van der Waals surface area contributed by atoms with Crippen LogP contribution in [0.1, 0.15) is 37.7 Å². The summed E-state index contributed by atoms with van der Waals surface area (Å²) in [5, 5.41) is 6.72. The lowest BCUT2D eigenvalue weighted by Gasteiger charge is -2.12. The van der Waals surface area contributed by atoms with E-state index >= 15 is 0 Å². The first-order chi connectivity index (χ1) is 5.88. The highest BCUT2D eigenvalue weighted by Gasteiger charge is 2.09. The average Bonchev–Trinajstić information content (AvgIpc) is 2.59. The topological polar surface area (TPSA) is 24.9 Å². The van der Waals surface area contributed by atoms with Gasteiger partial charge in [-0.15, -0.1) is 11.3 Å². The van der Waals surface area contributed by atoms with Crippen LogP contribution in [0.5, 0.6) is 0 Å². The zero-order valence-corrected chi connectivity index (χ0v) is 8.53. The maximum Gasteiger partial charge on any atom is 0.109 e. The summed E-state index contributed by atoms with van der Waals surface area (Å²) in [6.07, 6.45) is 4.17. The molecule has 12 heavy (non-hydrogen) atoms. The van der Waals surface area contributed by atoms with Gasteiger partial charge in [0.05, 0.1) is 6.04 Å². The number of nitrogens with one attached hydrogen (secondary N) is 1. The molecule has 0 bridgehead atoms. The molecule has 1 atom stereocenters. The summed E-state index contributed by atoms with van der Waals surface area (Å²) in [6, 6.07) is 0.463. The van der Waals surface area contributed by atoms with E-state index in [1.165, 1.54) is 11.4 Å². The Morgan fingerprint density at radius 3 is 2.92 bits per heavy atom. The summed E-state index contributed by atoms with van der Waals surface area (Å²) < 4.78 is 0. The molecule has 1 aromatic heterocycles. The Labute approximate surface area is 78.0 Å². The Morgan fingerprint density at radius 2 is 2.42 bits per heavy atom. The van der Waals surface area contributed by atoms with Crippen LogP contribution >= 0.6 is 11.3 Å². The second kappa shape index (κ2) is 5.27. The Bertz CT molecular complexity index is 196. The normalized spacial score (nSPS) is 13.2. The van der Waals surface area contributed by atoms with Gasteiger partial charge < -0.3 is 5.32 Å². The van der Waals surface area contributed by atoms with E-state index in [0.29, 0.717) is 6.04 Å². The van der Waals surface area contributed by atoms with Crippen LogP contribution in [0.4, 0.5) is 0 Å². The Morgan fingerprint density at radius 1 is 1.58 bits per heavy atom. The van der Waals surface area contributed by atoms with Crippen molar-refractivity contribution in [1.82, 2.24) is 10.3 Å². The predicted molar refractivity (Wildman–Crippen MR) is 53.4 cm³/mol. The molecule has 0 aromatic carbocycles. The summed E-state index contributed by atoms with van der Waals surface area (Å²) in [6.45, 7) is 5.45. The predicted octanol–water partition coefficient (Wildman–Crippen LogP) is 2.59. The molecule has 0 fully saturated rings. The van der Waals surface area contributed by atoms with Crippen molar-refractivity contribution >= 4 is 11.3 Å². The molecule has 0 saturated carbocycles. The van der Waals surface area contributed by atoms with Crippen LogP contribution in [0, 0.1) is 0 Å². The van der Waals surface area contributed by atoms with Crippen molar-refractivity contribution in [3.63, 3.8) is 0 Å². The molecule has 1 unspecified atom stereocenters. The fraction of sp³-hybridized carbons (Fsp3) is 0.667. The third-order valence-corrected chi connectivity index (χ3v) is 2.69. The molecule has 0 aliphatic heterocycles. The molecular formula is C9H16N2S. The minimum Gasteiger partial charge on any atom is -0.308 e. The van der Waals surface area contributed by atoms with Crippen LogP contribution in [-0.2, 0) is 0 Å². The van der Waals surface area contributed by atoms with Gasteiger partial charge >= 0.3 is 0 Å². The van der Waals surface area contributed by atoms with E-state index < -0.39 is 0 Å². The van der Waals surface area contributed by atoms with Gasteiger partial charge in [0.15, 0.2) is 0 Å². The zero-order valence-electron chi connectivity index (χ0n) is 7.71. The molecule has 3 heteroatoms. The smallest absolute Gasteiger partial charge is 0.109 e. The van der Waals surface area contributed by atoms with E-state index in [4.69, 9.17) is 0 Å². The van der Waals surface area contributed by atoms with Crippen LogP contribution in [0.2, 0.25) is 0 Å². The first kappa shape index (κ1) is 9.68. The number of nitrogens with zero attached hydrogens (tertiary/aromatic N) is 1. The van der Waals surface area contributed by atoms with E-state index in [1.54, 1.807) is 11.3 Å². The lowest BCUT2D eigenvalue weighted by molar-refractivity contribution is 0.516. The summed E-state index contributed by atoms with van der Waals surface area (Å²) >= 11 is 1.73. The van der Waals surface area contributed by atoms with Gasteiger partial charge in [0.1, 0.15) is 5.01 Å². The average molecular weight is 184 g/mol.